The van der Waals surface area contributed by atoms with Gasteiger partial charge in [0.05, 0.1) is 5.69 Å². The quantitative estimate of drug-likeness (QED) is 0.910. The molecule has 0 unspecified atom stereocenters. The molecule has 0 saturated heterocycles. The maximum Gasteiger partial charge on any atom is 0.415 e. The number of hydrogen-bond donors (Lipinski definition) is 2. The molecule has 6 nitrogen and oxygen atoms in total. The number of anilines is 1. The van der Waals surface area contributed by atoms with Crippen molar-refractivity contribution in [1.82, 2.24) is 4.98 Å². The zero-order chi connectivity index (χ0) is 15.6. The number of aliphatic carboxylic acids is 1. The van der Waals surface area contributed by atoms with Crippen LogP contribution in [0.3, 0.4) is 0 Å². The van der Waals surface area contributed by atoms with E-state index in [0.29, 0.717) is 5.69 Å². The number of benzene rings is 1. The standard InChI is InChI=1S/C15H18N2O4/c1-15(2,3)21-14(20)17(9-13(18)19)12-8-16-11-7-5-4-6-10(11)12/h4-8,16H,9H2,1-3H3,(H,18,19). The van der Waals surface area contributed by atoms with E-state index in [2.05, 4.69) is 4.98 Å². The van der Waals surface area contributed by atoms with Crippen LogP contribution in [0.1, 0.15) is 20.8 Å². The fraction of sp³-hybridized carbons (Fsp3) is 0.333. The minimum atomic E-state index is -1.11. The molecule has 0 saturated carbocycles. The molecule has 0 spiro atoms. The summed E-state index contributed by atoms with van der Waals surface area (Å²) in [6.45, 7) is 4.74. The number of rotatable bonds is 3. The molecule has 2 aromatic rings. The number of carbonyl (C=O) groups excluding carboxylic acids is 1. The first kappa shape index (κ1) is 14.9. The van der Waals surface area contributed by atoms with Crippen molar-refractivity contribution in [2.45, 2.75) is 26.4 Å². The number of carboxylic acid groups (broad SMARTS) is 1. The number of para-hydroxylation sites is 1. The molecule has 0 aliphatic rings. The zero-order valence-corrected chi connectivity index (χ0v) is 12.2. The summed E-state index contributed by atoms with van der Waals surface area (Å²) < 4.78 is 5.28. The van der Waals surface area contributed by atoms with Crippen LogP contribution < -0.4 is 4.90 Å². The summed E-state index contributed by atoms with van der Waals surface area (Å²) in [6, 6.07) is 7.36. The number of nitrogens with one attached hydrogen (secondary N) is 1. The fourth-order valence-corrected chi connectivity index (χ4v) is 1.98. The number of carbonyl (C=O) groups is 2. The van der Waals surface area contributed by atoms with Crippen molar-refractivity contribution in [2.75, 3.05) is 11.4 Å². The van der Waals surface area contributed by atoms with Gasteiger partial charge >= 0.3 is 12.1 Å². The molecule has 0 radical (unpaired) electrons. The van der Waals surface area contributed by atoms with Crippen molar-refractivity contribution in [1.29, 1.82) is 0 Å². The van der Waals surface area contributed by atoms with Gasteiger partial charge in [-0.05, 0) is 26.8 Å². The van der Waals surface area contributed by atoms with Gasteiger partial charge < -0.3 is 14.8 Å². The van der Waals surface area contributed by atoms with Crippen molar-refractivity contribution in [3.8, 4) is 0 Å². The maximum absolute atomic E-state index is 12.3. The summed E-state index contributed by atoms with van der Waals surface area (Å²) in [7, 11) is 0. The Morgan fingerprint density at radius 1 is 1.29 bits per heavy atom. The number of fused-ring (bicyclic) bond motifs is 1. The van der Waals surface area contributed by atoms with Gasteiger partial charge in [0.25, 0.3) is 0 Å². The first-order valence-electron chi connectivity index (χ1n) is 6.56. The summed E-state index contributed by atoms with van der Waals surface area (Å²) in [5.74, 6) is -1.11. The number of aromatic nitrogens is 1. The predicted molar refractivity (Wildman–Crippen MR) is 79.5 cm³/mol. The van der Waals surface area contributed by atoms with Crippen LogP contribution in [0.15, 0.2) is 30.5 Å². The Morgan fingerprint density at radius 3 is 2.57 bits per heavy atom. The molecule has 1 heterocycles. The van der Waals surface area contributed by atoms with Crippen LogP contribution in [0.5, 0.6) is 0 Å². The SMILES string of the molecule is CC(C)(C)OC(=O)N(CC(=O)O)c1c[nH]c2ccccc12. The topological polar surface area (TPSA) is 82.6 Å². The summed E-state index contributed by atoms with van der Waals surface area (Å²) >= 11 is 0. The van der Waals surface area contributed by atoms with E-state index in [1.165, 1.54) is 0 Å². The normalized spacial score (nSPS) is 11.4. The van der Waals surface area contributed by atoms with E-state index in [1.807, 2.05) is 24.3 Å². The van der Waals surface area contributed by atoms with E-state index in [-0.39, 0.29) is 0 Å². The second kappa shape index (κ2) is 5.47. The molecular formula is C15H18N2O4. The lowest BCUT2D eigenvalue weighted by molar-refractivity contribution is -0.135. The lowest BCUT2D eigenvalue weighted by Gasteiger charge is -2.26. The predicted octanol–water partition coefficient (Wildman–Crippen LogP) is 2.99. The fourth-order valence-electron chi connectivity index (χ4n) is 1.98. The molecule has 0 aliphatic heterocycles. The van der Waals surface area contributed by atoms with Gasteiger partial charge in [-0.3, -0.25) is 9.69 Å². The van der Waals surface area contributed by atoms with Crippen LogP contribution in [0.4, 0.5) is 10.5 Å². The minimum Gasteiger partial charge on any atom is -0.480 e. The monoisotopic (exact) mass is 290 g/mol. The maximum atomic E-state index is 12.3. The van der Waals surface area contributed by atoms with Crippen molar-refractivity contribution in [3.05, 3.63) is 30.5 Å². The van der Waals surface area contributed by atoms with Crippen LogP contribution in [-0.2, 0) is 9.53 Å². The van der Waals surface area contributed by atoms with Gasteiger partial charge in [-0.15, -0.1) is 0 Å². The molecule has 1 aromatic heterocycles. The zero-order valence-electron chi connectivity index (χ0n) is 12.2. The number of hydrogen-bond acceptors (Lipinski definition) is 3. The molecule has 0 aliphatic carbocycles. The van der Waals surface area contributed by atoms with Crippen LogP contribution in [0, 0.1) is 0 Å². The van der Waals surface area contributed by atoms with Crippen molar-refractivity contribution >= 4 is 28.7 Å². The number of carboxylic acids is 1. The Bertz CT molecular complexity index is 670. The highest BCUT2D eigenvalue weighted by Crippen LogP contribution is 2.27. The average molecular weight is 290 g/mol. The number of nitrogens with zero attached hydrogens (tertiary/aromatic N) is 1. The van der Waals surface area contributed by atoms with Gasteiger partial charge in [0.1, 0.15) is 12.1 Å². The van der Waals surface area contributed by atoms with Gasteiger partial charge in [0, 0.05) is 17.1 Å². The molecule has 0 bridgehead atoms. The first-order valence-corrected chi connectivity index (χ1v) is 6.56. The van der Waals surface area contributed by atoms with Crippen LogP contribution in [0.25, 0.3) is 10.9 Å². The summed E-state index contributed by atoms with van der Waals surface area (Å²) in [6.07, 6.45) is 0.923. The highest BCUT2D eigenvalue weighted by Gasteiger charge is 2.26. The Balaban J connectivity index is 2.40. The number of aromatic amines is 1. The van der Waals surface area contributed by atoms with E-state index >= 15 is 0 Å². The van der Waals surface area contributed by atoms with E-state index in [9.17, 15) is 9.59 Å². The van der Waals surface area contributed by atoms with Gasteiger partial charge in [0.2, 0.25) is 0 Å². The highest BCUT2D eigenvalue weighted by atomic mass is 16.6. The number of amides is 1. The van der Waals surface area contributed by atoms with Crippen molar-refractivity contribution in [2.24, 2.45) is 0 Å². The molecule has 0 atom stereocenters. The van der Waals surface area contributed by atoms with E-state index in [0.717, 1.165) is 15.8 Å². The summed E-state index contributed by atoms with van der Waals surface area (Å²) in [5, 5.41) is 9.81. The van der Waals surface area contributed by atoms with Crippen LogP contribution >= 0.6 is 0 Å². The van der Waals surface area contributed by atoms with E-state index in [1.54, 1.807) is 27.0 Å². The van der Waals surface area contributed by atoms with Crippen molar-refractivity contribution < 1.29 is 19.4 Å². The van der Waals surface area contributed by atoms with Gasteiger partial charge in [-0.1, -0.05) is 18.2 Å². The van der Waals surface area contributed by atoms with E-state index < -0.39 is 24.2 Å². The van der Waals surface area contributed by atoms with Crippen LogP contribution in [-0.4, -0.2) is 34.3 Å². The molecule has 112 valence electrons. The van der Waals surface area contributed by atoms with Crippen molar-refractivity contribution in [3.63, 3.8) is 0 Å². The average Bonchev–Trinajstić information content (AvgIpc) is 2.77. The van der Waals surface area contributed by atoms with Gasteiger partial charge in [-0.25, -0.2) is 4.79 Å². The first-order chi connectivity index (χ1) is 9.78. The lowest BCUT2D eigenvalue weighted by atomic mass is 10.2. The minimum absolute atomic E-state index is 0.462. The molecule has 1 amide bonds. The third-order valence-electron chi connectivity index (χ3n) is 2.77. The second-order valence-electron chi connectivity index (χ2n) is 5.68. The highest BCUT2D eigenvalue weighted by molar-refractivity contribution is 6.03. The molecule has 6 heteroatoms. The summed E-state index contributed by atoms with van der Waals surface area (Å²) in [5.41, 5.74) is 0.619. The van der Waals surface area contributed by atoms with E-state index in [4.69, 9.17) is 9.84 Å². The van der Waals surface area contributed by atoms with Gasteiger partial charge in [0.15, 0.2) is 0 Å². The smallest absolute Gasteiger partial charge is 0.415 e. The number of H-pyrrole nitrogens is 1. The molecule has 21 heavy (non-hydrogen) atoms. The second-order valence-corrected chi connectivity index (χ2v) is 5.68. The molecular weight excluding hydrogens is 272 g/mol. The number of ether oxygens (including phenoxy) is 1. The molecule has 0 fully saturated rings. The Morgan fingerprint density at radius 2 is 1.95 bits per heavy atom. The Labute approximate surface area is 122 Å². The Kier molecular flexibility index (Phi) is 3.88. The van der Waals surface area contributed by atoms with Gasteiger partial charge in [-0.2, -0.15) is 0 Å². The largest absolute Gasteiger partial charge is 0.480 e. The molecule has 1 aromatic carbocycles. The van der Waals surface area contributed by atoms with Crippen LogP contribution in [0.2, 0.25) is 0 Å². The third kappa shape index (κ3) is 3.53. The molecule has 2 N–H and O–H groups in total. The third-order valence-corrected chi connectivity index (χ3v) is 2.77. The molecule has 2 rings (SSSR count). The summed E-state index contributed by atoms with van der Waals surface area (Å²) in [4.78, 5) is 27.4. The Hall–Kier alpha value is -2.50. The lowest BCUT2D eigenvalue weighted by Crippen LogP contribution is -2.39.